The van der Waals surface area contributed by atoms with Gasteiger partial charge in [-0.2, -0.15) is 0 Å². The van der Waals surface area contributed by atoms with Crippen molar-refractivity contribution in [1.82, 2.24) is 5.32 Å². The summed E-state index contributed by atoms with van der Waals surface area (Å²) in [5.41, 5.74) is 5.73. The van der Waals surface area contributed by atoms with Gasteiger partial charge in [-0.15, -0.1) is 0 Å². The summed E-state index contributed by atoms with van der Waals surface area (Å²) in [6, 6.07) is 25.6. The van der Waals surface area contributed by atoms with Crippen LogP contribution in [-0.4, -0.2) is 37.1 Å². The molecule has 1 aliphatic rings. The molecule has 0 radical (unpaired) electrons. The second-order valence-electron chi connectivity index (χ2n) is 7.35. The molecule has 0 spiro atoms. The zero-order valence-corrected chi connectivity index (χ0v) is 16.7. The molecule has 0 fully saturated rings. The Hall–Kier alpha value is -3.15. The van der Waals surface area contributed by atoms with Gasteiger partial charge in [-0.25, -0.2) is 4.79 Å². The van der Waals surface area contributed by atoms with Crippen molar-refractivity contribution in [2.45, 2.75) is 18.6 Å². The van der Waals surface area contributed by atoms with Crippen LogP contribution >= 0.6 is 0 Å². The van der Waals surface area contributed by atoms with Crippen LogP contribution < -0.4 is 5.32 Å². The Morgan fingerprint density at radius 2 is 1.50 bits per heavy atom. The molecular weight excluding hydrogens is 378 g/mol. The van der Waals surface area contributed by atoms with E-state index in [4.69, 9.17) is 9.47 Å². The molecular formula is C25H25NO4. The number of fused-ring (bicyclic) bond motifs is 3. The summed E-state index contributed by atoms with van der Waals surface area (Å²) in [6.07, 6.45) is -0.556. The molecule has 1 aliphatic carbocycles. The minimum Gasteiger partial charge on any atom is -0.449 e. The van der Waals surface area contributed by atoms with Crippen LogP contribution in [0.5, 0.6) is 0 Å². The summed E-state index contributed by atoms with van der Waals surface area (Å²) in [4.78, 5) is 12.3. The molecule has 154 valence electrons. The van der Waals surface area contributed by atoms with Gasteiger partial charge in [0.2, 0.25) is 0 Å². The highest BCUT2D eigenvalue weighted by atomic mass is 16.5. The first-order valence-electron chi connectivity index (χ1n) is 10.1. The third kappa shape index (κ3) is 4.53. The maximum absolute atomic E-state index is 12.3. The SMILES string of the molecule is O=C(N[C@H](CO)COCc1ccccc1)OCC1c2ccccc2-c2ccccc21. The van der Waals surface area contributed by atoms with E-state index in [0.717, 1.165) is 16.7 Å². The minimum atomic E-state index is -0.556. The number of amides is 1. The Morgan fingerprint density at radius 3 is 2.13 bits per heavy atom. The zero-order valence-electron chi connectivity index (χ0n) is 16.7. The number of benzene rings is 3. The molecule has 0 aromatic heterocycles. The van der Waals surface area contributed by atoms with Gasteiger partial charge >= 0.3 is 6.09 Å². The van der Waals surface area contributed by atoms with Crippen molar-refractivity contribution < 1.29 is 19.4 Å². The van der Waals surface area contributed by atoms with Crippen molar-refractivity contribution in [2.75, 3.05) is 19.8 Å². The normalized spacial score (nSPS) is 13.4. The summed E-state index contributed by atoms with van der Waals surface area (Å²) in [7, 11) is 0. The number of carbonyl (C=O) groups is 1. The average Bonchev–Trinajstić information content (AvgIpc) is 3.11. The molecule has 1 atom stereocenters. The number of hydrogen-bond donors (Lipinski definition) is 2. The van der Waals surface area contributed by atoms with Crippen molar-refractivity contribution in [3.63, 3.8) is 0 Å². The Bertz CT molecular complexity index is 944. The Labute approximate surface area is 176 Å². The maximum Gasteiger partial charge on any atom is 0.407 e. The van der Waals surface area contributed by atoms with Crippen LogP contribution in [0.1, 0.15) is 22.6 Å². The number of nitrogens with one attached hydrogen (secondary N) is 1. The third-order valence-electron chi connectivity index (χ3n) is 5.32. The molecule has 0 saturated heterocycles. The number of carbonyl (C=O) groups excluding carboxylic acids is 1. The van der Waals surface area contributed by atoms with Gasteiger partial charge in [-0.1, -0.05) is 78.9 Å². The predicted octanol–water partition coefficient (Wildman–Crippen LogP) is 4.10. The lowest BCUT2D eigenvalue weighted by atomic mass is 9.98. The molecule has 5 nitrogen and oxygen atoms in total. The number of aliphatic hydroxyl groups excluding tert-OH is 1. The van der Waals surface area contributed by atoms with Gasteiger partial charge in [-0.05, 0) is 27.8 Å². The van der Waals surface area contributed by atoms with Gasteiger partial charge in [0.15, 0.2) is 0 Å². The fraction of sp³-hybridized carbons (Fsp3) is 0.240. The molecule has 3 aromatic rings. The second kappa shape index (κ2) is 9.57. The van der Waals surface area contributed by atoms with Crippen LogP contribution in [0.25, 0.3) is 11.1 Å². The first-order valence-corrected chi connectivity index (χ1v) is 10.1. The van der Waals surface area contributed by atoms with Crippen LogP contribution in [0.3, 0.4) is 0 Å². The maximum atomic E-state index is 12.3. The molecule has 30 heavy (non-hydrogen) atoms. The summed E-state index contributed by atoms with van der Waals surface area (Å²) in [6.45, 7) is 0.640. The third-order valence-corrected chi connectivity index (χ3v) is 5.32. The van der Waals surface area contributed by atoms with Gasteiger partial charge in [0.25, 0.3) is 0 Å². The van der Waals surface area contributed by atoms with E-state index in [1.54, 1.807) is 0 Å². The molecule has 4 rings (SSSR count). The highest BCUT2D eigenvalue weighted by molar-refractivity contribution is 5.79. The van der Waals surface area contributed by atoms with E-state index in [1.165, 1.54) is 11.1 Å². The largest absolute Gasteiger partial charge is 0.449 e. The van der Waals surface area contributed by atoms with E-state index in [-0.39, 0.29) is 25.7 Å². The summed E-state index contributed by atoms with van der Waals surface area (Å²) < 4.78 is 11.1. The second-order valence-corrected chi connectivity index (χ2v) is 7.35. The van der Waals surface area contributed by atoms with Gasteiger partial charge < -0.3 is 19.9 Å². The quantitative estimate of drug-likeness (QED) is 0.594. The molecule has 0 bridgehead atoms. The fourth-order valence-corrected chi connectivity index (χ4v) is 3.84. The highest BCUT2D eigenvalue weighted by Gasteiger charge is 2.29. The van der Waals surface area contributed by atoms with Gasteiger partial charge in [0, 0.05) is 5.92 Å². The van der Waals surface area contributed by atoms with Crippen LogP contribution in [0.2, 0.25) is 0 Å². The zero-order chi connectivity index (χ0) is 20.8. The lowest BCUT2D eigenvalue weighted by Crippen LogP contribution is -2.41. The van der Waals surface area contributed by atoms with E-state index in [2.05, 4.69) is 29.6 Å². The van der Waals surface area contributed by atoms with E-state index in [1.807, 2.05) is 54.6 Å². The average molecular weight is 403 g/mol. The molecule has 1 amide bonds. The lowest BCUT2D eigenvalue weighted by Gasteiger charge is -2.18. The predicted molar refractivity (Wildman–Crippen MR) is 115 cm³/mol. The van der Waals surface area contributed by atoms with Gasteiger partial charge in [0.1, 0.15) is 6.61 Å². The Kier molecular flexibility index (Phi) is 6.42. The van der Waals surface area contributed by atoms with Gasteiger partial charge in [-0.3, -0.25) is 0 Å². The number of ether oxygens (including phenoxy) is 2. The van der Waals surface area contributed by atoms with Crippen molar-refractivity contribution >= 4 is 6.09 Å². The van der Waals surface area contributed by atoms with E-state index < -0.39 is 12.1 Å². The monoisotopic (exact) mass is 403 g/mol. The number of rotatable bonds is 8. The Morgan fingerprint density at radius 1 is 0.900 bits per heavy atom. The molecule has 0 unspecified atom stereocenters. The number of hydrogen-bond acceptors (Lipinski definition) is 4. The smallest absolute Gasteiger partial charge is 0.407 e. The lowest BCUT2D eigenvalue weighted by molar-refractivity contribution is 0.0714. The fourth-order valence-electron chi connectivity index (χ4n) is 3.84. The molecule has 0 aliphatic heterocycles. The van der Waals surface area contributed by atoms with Crippen LogP contribution in [0.15, 0.2) is 78.9 Å². The highest BCUT2D eigenvalue weighted by Crippen LogP contribution is 2.44. The van der Waals surface area contributed by atoms with Crippen LogP contribution in [-0.2, 0) is 16.1 Å². The minimum absolute atomic E-state index is 0.00468. The van der Waals surface area contributed by atoms with E-state index in [9.17, 15) is 9.90 Å². The summed E-state index contributed by atoms with van der Waals surface area (Å²) in [5, 5.41) is 12.3. The molecule has 3 aromatic carbocycles. The van der Waals surface area contributed by atoms with Crippen molar-refractivity contribution in [3.05, 3.63) is 95.6 Å². The molecule has 0 saturated carbocycles. The van der Waals surface area contributed by atoms with E-state index in [0.29, 0.717) is 6.61 Å². The molecule has 0 heterocycles. The summed E-state index contributed by atoms with van der Waals surface area (Å²) in [5.74, 6) is 0.00468. The van der Waals surface area contributed by atoms with Gasteiger partial charge in [0.05, 0.1) is 25.9 Å². The van der Waals surface area contributed by atoms with Crippen molar-refractivity contribution in [1.29, 1.82) is 0 Å². The molecule has 2 N–H and O–H groups in total. The van der Waals surface area contributed by atoms with Crippen LogP contribution in [0, 0.1) is 0 Å². The number of aliphatic hydroxyl groups is 1. The summed E-state index contributed by atoms with van der Waals surface area (Å²) >= 11 is 0. The first kappa shape index (κ1) is 20.1. The van der Waals surface area contributed by atoms with Crippen molar-refractivity contribution in [2.24, 2.45) is 0 Å². The first-order chi connectivity index (χ1) is 14.8. The van der Waals surface area contributed by atoms with E-state index >= 15 is 0 Å². The number of alkyl carbamates (subject to hydrolysis) is 1. The standard InChI is InChI=1S/C25H25NO4/c27-14-19(16-29-15-18-8-2-1-3-9-18)26-25(28)30-17-24-22-12-6-4-10-20(22)21-11-5-7-13-23(21)24/h1-13,19,24,27H,14-17H2,(H,26,28)/t19-/m1/s1. The molecule has 5 heteroatoms. The van der Waals surface area contributed by atoms with Crippen LogP contribution in [0.4, 0.5) is 4.79 Å². The topological polar surface area (TPSA) is 67.8 Å². The Balaban J connectivity index is 1.31. The van der Waals surface area contributed by atoms with Crippen molar-refractivity contribution in [3.8, 4) is 11.1 Å².